The van der Waals surface area contributed by atoms with Crippen LogP contribution in [0.3, 0.4) is 0 Å². The average Bonchev–Trinajstić information content (AvgIpc) is 3.27. The van der Waals surface area contributed by atoms with Gasteiger partial charge in [-0.2, -0.15) is 0 Å². The number of fused-ring (bicyclic) bond motifs is 1. The van der Waals surface area contributed by atoms with Crippen molar-refractivity contribution in [1.82, 2.24) is 14.6 Å². The summed E-state index contributed by atoms with van der Waals surface area (Å²) >= 11 is 1.49. The van der Waals surface area contributed by atoms with Gasteiger partial charge in [0.1, 0.15) is 5.75 Å². The molecule has 2 aromatic carbocycles. The third kappa shape index (κ3) is 3.81. The van der Waals surface area contributed by atoms with Crippen molar-refractivity contribution in [2.45, 2.75) is 13.5 Å². The molecule has 0 saturated carbocycles. The predicted molar refractivity (Wildman–Crippen MR) is 111 cm³/mol. The van der Waals surface area contributed by atoms with Crippen molar-refractivity contribution in [3.63, 3.8) is 0 Å². The first-order valence-corrected chi connectivity index (χ1v) is 9.53. The highest BCUT2D eigenvalue weighted by molar-refractivity contribution is 7.20. The number of nitrogens with one attached hydrogen (secondary N) is 2. The van der Waals surface area contributed by atoms with Crippen LogP contribution in [0.4, 0.5) is 10.8 Å². The highest BCUT2D eigenvalue weighted by Crippen LogP contribution is 2.28. The molecular formula is C20H19N5O2S. The van der Waals surface area contributed by atoms with Crippen LogP contribution in [0.5, 0.6) is 5.75 Å². The minimum atomic E-state index is -0.103. The molecule has 28 heavy (non-hydrogen) atoms. The van der Waals surface area contributed by atoms with Gasteiger partial charge in [-0.05, 0) is 29.8 Å². The summed E-state index contributed by atoms with van der Waals surface area (Å²) < 4.78 is 6.99. The number of anilines is 2. The summed E-state index contributed by atoms with van der Waals surface area (Å²) in [4.78, 5) is 16.6. The van der Waals surface area contributed by atoms with Crippen LogP contribution < -0.4 is 15.4 Å². The summed E-state index contributed by atoms with van der Waals surface area (Å²) in [5.41, 5.74) is 3.69. The standard InChI is InChI=1S/C20H19N5O2S/c1-13(26)23-16-5-3-4-15(10-16)18-12-22-20-25(18)24-19(28-20)21-11-14-6-8-17(27-2)9-7-14/h3-10,12H,11H2,1-2H3,(H,21,24)(H,23,26). The van der Waals surface area contributed by atoms with Gasteiger partial charge in [-0.1, -0.05) is 35.6 Å². The molecule has 0 saturated heterocycles. The molecule has 0 radical (unpaired) electrons. The number of benzene rings is 2. The molecule has 2 aromatic heterocycles. The molecule has 0 spiro atoms. The lowest BCUT2D eigenvalue weighted by Gasteiger charge is -2.05. The Hall–Kier alpha value is -3.39. The maximum Gasteiger partial charge on any atom is 0.221 e. The van der Waals surface area contributed by atoms with Gasteiger partial charge < -0.3 is 15.4 Å². The van der Waals surface area contributed by atoms with Crippen molar-refractivity contribution >= 4 is 33.0 Å². The average molecular weight is 393 g/mol. The van der Waals surface area contributed by atoms with Gasteiger partial charge in [-0.15, -0.1) is 5.10 Å². The van der Waals surface area contributed by atoms with Gasteiger partial charge in [0.2, 0.25) is 16.0 Å². The molecule has 1 amide bonds. The number of methoxy groups -OCH3 is 1. The maximum atomic E-state index is 11.3. The number of carbonyl (C=O) groups is 1. The second-order valence-corrected chi connectivity index (χ2v) is 7.16. The third-order valence-electron chi connectivity index (χ3n) is 4.17. The molecule has 4 aromatic rings. The van der Waals surface area contributed by atoms with E-state index in [0.29, 0.717) is 6.54 Å². The van der Waals surface area contributed by atoms with Gasteiger partial charge in [0.25, 0.3) is 0 Å². The molecular weight excluding hydrogens is 374 g/mol. The fraction of sp³-hybridized carbons (Fsp3) is 0.150. The van der Waals surface area contributed by atoms with E-state index in [0.717, 1.165) is 38.4 Å². The fourth-order valence-corrected chi connectivity index (χ4v) is 3.61. The Morgan fingerprint density at radius 1 is 1.21 bits per heavy atom. The minimum absolute atomic E-state index is 0.103. The summed E-state index contributed by atoms with van der Waals surface area (Å²) in [6.45, 7) is 2.15. The lowest BCUT2D eigenvalue weighted by Crippen LogP contribution is -2.05. The predicted octanol–water partition coefficient (Wildman–Crippen LogP) is 4.04. The van der Waals surface area contributed by atoms with Gasteiger partial charge in [0.15, 0.2) is 0 Å². The van der Waals surface area contributed by atoms with E-state index < -0.39 is 0 Å². The minimum Gasteiger partial charge on any atom is -0.497 e. The van der Waals surface area contributed by atoms with Crippen molar-refractivity contribution in [3.05, 3.63) is 60.3 Å². The zero-order valence-electron chi connectivity index (χ0n) is 15.5. The van der Waals surface area contributed by atoms with Gasteiger partial charge in [-0.3, -0.25) is 4.79 Å². The Morgan fingerprint density at radius 2 is 2.04 bits per heavy atom. The van der Waals surface area contributed by atoms with Gasteiger partial charge in [0.05, 0.1) is 19.0 Å². The molecule has 0 aliphatic rings. The van der Waals surface area contributed by atoms with Crippen LogP contribution in [0.25, 0.3) is 16.2 Å². The fourth-order valence-electron chi connectivity index (χ4n) is 2.84. The molecule has 2 N–H and O–H groups in total. The molecule has 0 fully saturated rings. The number of imidazole rings is 1. The summed E-state index contributed by atoms with van der Waals surface area (Å²) in [5, 5.41) is 11.6. The smallest absolute Gasteiger partial charge is 0.221 e. The Bertz CT molecular complexity index is 1120. The molecule has 2 heterocycles. The topological polar surface area (TPSA) is 80.5 Å². The quantitative estimate of drug-likeness (QED) is 0.517. The second-order valence-electron chi connectivity index (χ2n) is 6.21. The normalized spacial score (nSPS) is 10.8. The van der Waals surface area contributed by atoms with Crippen molar-refractivity contribution in [2.75, 3.05) is 17.7 Å². The van der Waals surface area contributed by atoms with Crippen molar-refractivity contribution < 1.29 is 9.53 Å². The molecule has 4 rings (SSSR count). The molecule has 7 nitrogen and oxygen atoms in total. The van der Waals surface area contributed by atoms with Crippen LogP contribution in [0, 0.1) is 0 Å². The monoisotopic (exact) mass is 393 g/mol. The first-order chi connectivity index (χ1) is 13.6. The molecule has 0 unspecified atom stereocenters. The van der Waals surface area contributed by atoms with Crippen molar-refractivity contribution in [3.8, 4) is 17.0 Å². The number of hydrogen-bond donors (Lipinski definition) is 2. The van der Waals surface area contributed by atoms with Crippen LogP contribution >= 0.6 is 11.3 Å². The molecule has 142 valence electrons. The number of ether oxygens (including phenoxy) is 1. The Kier molecular flexibility index (Phi) is 4.94. The number of hydrogen-bond acceptors (Lipinski definition) is 6. The Morgan fingerprint density at radius 3 is 2.79 bits per heavy atom. The van der Waals surface area contributed by atoms with Crippen LogP contribution in [-0.2, 0) is 11.3 Å². The number of nitrogens with zero attached hydrogens (tertiary/aromatic N) is 3. The zero-order valence-corrected chi connectivity index (χ0v) is 16.3. The highest BCUT2D eigenvalue weighted by atomic mass is 32.1. The highest BCUT2D eigenvalue weighted by Gasteiger charge is 2.12. The second kappa shape index (κ2) is 7.69. The molecule has 0 bridgehead atoms. The number of carbonyl (C=O) groups excluding carboxylic acids is 1. The first-order valence-electron chi connectivity index (χ1n) is 8.72. The van der Waals surface area contributed by atoms with Crippen molar-refractivity contribution in [2.24, 2.45) is 0 Å². The Balaban J connectivity index is 1.54. The van der Waals surface area contributed by atoms with Crippen LogP contribution in [-0.4, -0.2) is 27.6 Å². The van der Waals surface area contributed by atoms with E-state index in [2.05, 4.69) is 20.7 Å². The molecule has 8 heteroatoms. The number of amides is 1. The van der Waals surface area contributed by atoms with Crippen LogP contribution in [0.1, 0.15) is 12.5 Å². The van der Waals surface area contributed by atoms with E-state index in [9.17, 15) is 4.79 Å². The summed E-state index contributed by atoms with van der Waals surface area (Å²) in [5.74, 6) is 0.733. The van der Waals surface area contributed by atoms with Crippen molar-refractivity contribution in [1.29, 1.82) is 0 Å². The van der Waals surface area contributed by atoms with E-state index in [1.54, 1.807) is 13.3 Å². The summed E-state index contributed by atoms with van der Waals surface area (Å²) in [6.07, 6.45) is 1.79. The number of rotatable bonds is 6. The van der Waals surface area contributed by atoms with E-state index in [1.807, 2.05) is 53.0 Å². The van der Waals surface area contributed by atoms with Gasteiger partial charge in [-0.25, -0.2) is 9.50 Å². The molecule has 0 atom stereocenters. The largest absolute Gasteiger partial charge is 0.497 e. The first kappa shape index (κ1) is 18.0. The van der Waals surface area contributed by atoms with Gasteiger partial charge >= 0.3 is 0 Å². The lowest BCUT2D eigenvalue weighted by atomic mass is 10.1. The zero-order chi connectivity index (χ0) is 19.5. The summed E-state index contributed by atoms with van der Waals surface area (Å²) in [7, 11) is 1.65. The van der Waals surface area contributed by atoms with Crippen LogP contribution in [0.2, 0.25) is 0 Å². The van der Waals surface area contributed by atoms with Gasteiger partial charge in [0, 0.05) is 24.7 Å². The summed E-state index contributed by atoms with van der Waals surface area (Å²) in [6, 6.07) is 15.5. The lowest BCUT2D eigenvalue weighted by molar-refractivity contribution is -0.114. The third-order valence-corrected chi connectivity index (χ3v) is 5.05. The SMILES string of the molecule is COc1ccc(CNc2nn3c(-c4cccc(NC(C)=O)c4)cnc3s2)cc1. The van der Waals surface area contributed by atoms with E-state index in [1.165, 1.54) is 18.3 Å². The maximum absolute atomic E-state index is 11.3. The Labute approximate surface area is 166 Å². The van der Waals surface area contributed by atoms with Crippen LogP contribution in [0.15, 0.2) is 54.7 Å². The van der Waals surface area contributed by atoms with E-state index in [4.69, 9.17) is 4.74 Å². The van der Waals surface area contributed by atoms with E-state index in [-0.39, 0.29) is 5.91 Å². The number of aromatic nitrogens is 3. The van der Waals surface area contributed by atoms with E-state index >= 15 is 0 Å². The molecule has 0 aliphatic carbocycles. The molecule has 0 aliphatic heterocycles.